The second-order valence-corrected chi connectivity index (χ2v) is 3.76. The van der Waals surface area contributed by atoms with Gasteiger partial charge in [-0.05, 0) is 37.6 Å². The van der Waals surface area contributed by atoms with Crippen LogP contribution in [0.5, 0.6) is 0 Å². The Bertz CT molecular complexity index is 379. The van der Waals surface area contributed by atoms with Crippen LogP contribution in [0.15, 0.2) is 30.9 Å². The Hall–Kier alpha value is -1.77. The van der Waals surface area contributed by atoms with Crippen molar-refractivity contribution >= 4 is 11.6 Å². The van der Waals surface area contributed by atoms with Crippen molar-refractivity contribution in [3.05, 3.63) is 42.0 Å². The van der Waals surface area contributed by atoms with Crippen molar-refractivity contribution in [2.45, 2.75) is 13.8 Å². The molecule has 0 unspecified atom stereocenters. The molecule has 1 amide bonds. The predicted octanol–water partition coefficient (Wildman–Crippen LogP) is 2.23. The summed E-state index contributed by atoms with van der Waals surface area (Å²) in [5, 5.41) is 0. The van der Waals surface area contributed by atoms with Crippen LogP contribution in [0.4, 0.5) is 5.69 Å². The molecule has 3 nitrogen and oxygen atoms in total. The smallest absolute Gasteiger partial charge is 0.254 e. The Balaban J connectivity index is 2.98. The molecule has 0 heterocycles. The van der Waals surface area contributed by atoms with Crippen LogP contribution in [0.1, 0.15) is 22.8 Å². The zero-order chi connectivity index (χ0) is 12.1. The molecular formula is C13H18N2O. The van der Waals surface area contributed by atoms with Gasteiger partial charge in [0, 0.05) is 24.3 Å². The van der Waals surface area contributed by atoms with Crippen molar-refractivity contribution in [3.63, 3.8) is 0 Å². The first-order chi connectivity index (χ1) is 7.58. The van der Waals surface area contributed by atoms with Gasteiger partial charge in [0.05, 0.1) is 0 Å². The van der Waals surface area contributed by atoms with E-state index in [1.165, 1.54) is 0 Å². The summed E-state index contributed by atoms with van der Waals surface area (Å²) in [6.07, 6.45) is 1.72. The number of rotatable bonds is 4. The summed E-state index contributed by atoms with van der Waals surface area (Å²) in [6, 6.07) is 5.41. The Kier molecular flexibility index (Phi) is 4.11. The number of carbonyl (C=O) groups is 1. The maximum absolute atomic E-state index is 12.1. The molecule has 0 atom stereocenters. The first-order valence-corrected chi connectivity index (χ1v) is 5.35. The van der Waals surface area contributed by atoms with E-state index in [2.05, 4.69) is 6.58 Å². The molecule has 0 aliphatic carbocycles. The predicted molar refractivity (Wildman–Crippen MR) is 67.4 cm³/mol. The van der Waals surface area contributed by atoms with Gasteiger partial charge >= 0.3 is 0 Å². The Morgan fingerprint density at radius 2 is 2.19 bits per heavy atom. The van der Waals surface area contributed by atoms with E-state index in [0.717, 1.165) is 5.56 Å². The lowest BCUT2D eigenvalue weighted by Crippen LogP contribution is -2.30. The lowest BCUT2D eigenvalue weighted by molar-refractivity contribution is 0.0782. The highest BCUT2D eigenvalue weighted by Gasteiger charge is 2.13. The summed E-state index contributed by atoms with van der Waals surface area (Å²) in [6.45, 7) is 8.74. The van der Waals surface area contributed by atoms with Crippen LogP contribution in [-0.2, 0) is 0 Å². The Morgan fingerprint density at radius 3 is 2.69 bits per heavy atom. The van der Waals surface area contributed by atoms with E-state index in [1.54, 1.807) is 17.0 Å². The first kappa shape index (κ1) is 12.3. The number of aryl methyl sites for hydroxylation is 1. The Labute approximate surface area is 96.6 Å². The summed E-state index contributed by atoms with van der Waals surface area (Å²) in [5.41, 5.74) is 7.98. The highest BCUT2D eigenvalue weighted by Crippen LogP contribution is 2.13. The largest absolute Gasteiger partial charge is 0.399 e. The molecule has 0 saturated carbocycles. The summed E-state index contributed by atoms with van der Waals surface area (Å²) < 4.78 is 0. The number of benzene rings is 1. The molecule has 86 valence electrons. The van der Waals surface area contributed by atoms with Gasteiger partial charge in [-0.2, -0.15) is 0 Å². The molecule has 3 heteroatoms. The molecule has 1 aromatic rings. The van der Waals surface area contributed by atoms with Crippen molar-refractivity contribution in [1.29, 1.82) is 0 Å². The summed E-state index contributed by atoms with van der Waals surface area (Å²) in [5.74, 6) is -0.00204. The van der Waals surface area contributed by atoms with Crippen LogP contribution < -0.4 is 5.73 Å². The zero-order valence-corrected chi connectivity index (χ0v) is 9.86. The summed E-state index contributed by atoms with van der Waals surface area (Å²) >= 11 is 0. The quantitative estimate of drug-likeness (QED) is 0.622. The number of nitrogen functional groups attached to an aromatic ring is 1. The fourth-order valence-electron chi connectivity index (χ4n) is 1.63. The zero-order valence-electron chi connectivity index (χ0n) is 9.86. The van der Waals surface area contributed by atoms with Gasteiger partial charge in [0.15, 0.2) is 0 Å². The third kappa shape index (κ3) is 2.86. The molecule has 0 spiro atoms. The van der Waals surface area contributed by atoms with E-state index in [-0.39, 0.29) is 5.91 Å². The van der Waals surface area contributed by atoms with E-state index in [9.17, 15) is 4.79 Å². The lowest BCUT2D eigenvalue weighted by atomic mass is 10.1. The first-order valence-electron chi connectivity index (χ1n) is 5.35. The van der Waals surface area contributed by atoms with Crippen LogP contribution in [0, 0.1) is 6.92 Å². The van der Waals surface area contributed by atoms with E-state index in [1.807, 2.05) is 26.0 Å². The van der Waals surface area contributed by atoms with Crippen molar-refractivity contribution in [2.75, 3.05) is 18.8 Å². The van der Waals surface area contributed by atoms with Gasteiger partial charge in [0.25, 0.3) is 5.91 Å². The molecule has 16 heavy (non-hydrogen) atoms. The molecule has 0 aliphatic heterocycles. The Morgan fingerprint density at radius 1 is 1.50 bits per heavy atom. The standard InChI is InChI=1S/C13H18N2O/c1-4-6-15(5-2)13(16)11-7-10(3)8-12(14)9-11/h4,7-9H,1,5-6,14H2,2-3H3. The van der Waals surface area contributed by atoms with Crippen molar-refractivity contribution in [2.24, 2.45) is 0 Å². The van der Waals surface area contributed by atoms with Gasteiger partial charge in [0.2, 0.25) is 0 Å². The lowest BCUT2D eigenvalue weighted by Gasteiger charge is -2.19. The van der Waals surface area contributed by atoms with E-state index in [4.69, 9.17) is 5.73 Å². The van der Waals surface area contributed by atoms with E-state index >= 15 is 0 Å². The maximum atomic E-state index is 12.1. The molecule has 0 aliphatic rings. The molecule has 0 fully saturated rings. The third-order valence-electron chi connectivity index (χ3n) is 2.37. The van der Waals surface area contributed by atoms with Gasteiger partial charge in [-0.1, -0.05) is 6.08 Å². The van der Waals surface area contributed by atoms with Crippen LogP contribution >= 0.6 is 0 Å². The van der Waals surface area contributed by atoms with Gasteiger partial charge < -0.3 is 10.6 Å². The van der Waals surface area contributed by atoms with Gasteiger partial charge in [-0.3, -0.25) is 4.79 Å². The average Bonchev–Trinajstić information content (AvgIpc) is 2.23. The fourth-order valence-corrected chi connectivity index (χ4v) is 1.63. The van der Waals surface area contributed by atoms with E-state index < -0.39 is 0 Å². The number of hydrogen-bond acceptors (Lipinski definition) is 2. The number of anilines is 1. The van der Waals surface area contributed by atoms with E-state index in [0.29, 0.717) is 24.3 Å². The minimum atomic E-state index is -0.00204. The molecule has 0 saturated heterocycles. The molecule has 0 aromatic heterocycles. The number of nitrogens with zero attached hydrogens (tertiary/aromatic N) is 1. The highest BCUT2D eigenvalue weighted by molar-refractivity contribution is 5.95. The molecule has 0 bridgehead atoms. The molecular weight excluding hydrogens is 200 g/mol. The van der Waals surface area contributed by atoms with Gasteiger partial charge in [0.1, 0.15) is 0 Å². The molecule has 0 radical (unpaired) electrons. The van der Waals surface area contributed by atoms with Crippen LogP contribution in [0.2, 0.25) is 0 Å². The average molecular weight is 218 g/mol. The normalized spacial score (nSPS) is 9.88. The van der Waals surface area contributed by atoms with Crippen molar-refractivity contribution < 1.29 is 4.79 Å². The highest BCUT2D eigenvalue weighted by atomic mass is 16.2. The van der Waals surface area contributed by atoms with Gasteiger partial charge in [-0.15, -0.1) is 6.58 Å². The number of carbonyl (C=O) groups excluding carboxylic acids is 1. The van der Waals surface area contributed by atoms with Crippen LogP contribution in [0.3, 0.4) is 0 Å². The number of hydrogen-bond donors (Lipinski definition) is 1. The number of nitrogens with two attached hydrogens (primary N) is 1. The second-order valence-electron chi connectivity index (χ2n) is 3.76. The summed E-state index contributed by atoms with van der Waals surface area (Å²) in [7, 11) is 0. The van der Waals surface area contributed by atoms with Crippen LogP contribution in [0.25, 0.3) is 0 Å². The number of likely N-dealkylation sites (N-methyl/N-ethyl adjacent to an activating group) is 1. The molecule has 2 N–H and O–H groups in total. The monoisotopic (exact) mass is 218 g/mol. The second kappa shape index (κ2) is 5.35. The number of amides is 1. The molecule has 1 rings (SSSR count). The SMILES string of the molecule is C=CCN(CC)C(=O)c1cc(C)cc(N)c1. The summed E-state index contributed by atoms with van der Waals surface area (Å²) in [4.78, 5) is 13.8. The van der Waals surface area contributed by atoms with Crippen molar-refractivity contribution in [3.8, 4) is 0 Å². The minimum Gasteiger partial charge on any atom is -0.399 e. The van der Waals surface area contributed by atoms with Crippen LogP contribution in [-0.4, -0.2) is 23.9 Å². The van der Waals surface area contributed by atoms with Gasteiger partial charge in [-0.25, -0.2) is 0 Å². The minimum absolute atomic E-state index is 0.00204. The maximum Gasteiger partial charge on any atom is 0.254 e. The fraction of sp³-hybridized carbons (Fsp3) is 0.308. The third-order valence-corrected chi connectivity index (χ3v) is 2.37. The molecule has 1 aromatic carbocycles. The topological polar surface area (TPSA) is 46.3 Å². The van der Waals surface area contributed by atoms with Crippen molar-refractivity contribution in [1.82, 2.24) is 4.90 Å².